The summed E-state index contributed by atoms with van der Waals surface area (Å²) in [6, 6.07) is -0.430. The highest BCUT2D eigenvalue weighted by Crippen LogP contribution is 2.25. The summed E-state index contributed by atoms with van der Waals surface area (Å²) in [4.78, 5) is 16.3. The van der Waals surface area contributed by atoms with Gasteiger partial charge in [-0.25, -0.2) is 4.98 Å². The Morgan fingerprint density at radius 2 is 2.11 bits per heavy atom. The van der Waals surface area contributed by atoms with Gasteiger partial charge in [-0.1, -0.05) is 34.6 Å². The lowest BCUT2D eigenvalue weighted by atomic mass is 9.98. The van der Waals surface area contributed by atoms with Crippen LogP contribution in [0.1, 0.15) is 45.3 Å². The first-order chi connectivity index (χ1) is 8.71. The molecule has 108 valence electrons. The number of hydrogen-bond acceptors (Lipinski definition) is 4. The Balaban J connectivity index is 2.42. The van der Waals surface area contributed by atoms with E-state index in [0.717, 1.165) is 17.1 Å². The van der Waals surface area contributed by atoms with Crippen molar-refractivity contribution in [1.29, 1.82) is 0 Å². The number of carbonyl (C=O) groups excluding carboxylic acids is 1. The van der Waals surface area contributed by atoms with E-state index in [4.69, 9.17) is 5.73 Å². The van der Waals surface area contributed by atoms with Gasteiger partial charge in [-0.05, 0) is 5.92 Å². The van der Waals surface area contributed by atoms with Crippen LogP contribution in [0.25, 0.3) is 0 Å². The van der Waals surface area contributed by atoms with Gasteiger partial charge in [0.05, 0.1) is 16.7 Å². The molecule has 0 unspecified atom stereocenters. The van der Waals surface area contributed by atoms with E-state index in [1.807, 2.05) is 13.8 Å². The quantitative estimate of drug-likeness (QED) is 0.869. The molecular formula is C14H25N3OS. The fraction of sp³-hybridized carbons (Fsp3) is 0.714. The van der Waals surface area contributed by atoms with E-state index in [2.05, 4.69) is 36.5 Å². The number of amides is 1. The number of nitrogens with two attached hydrogens (primary N) is 1. The fourth-order valence-electron chi connectivity index (χ4n) is 1.50. The van der Waals surface area contributed by atoms with Gasteiger partial charge in [0, 0.05) is 23.8 Å². The Morgan fingerprint density at radius 3 is 2.58 bits per heavy atom. The minimum Gasteiger partial charge on any atom is -0.354 e. The van der Waals surface area contributed by atoms with Crippen molar-refractivity contribution in [2.75, 3.05) is 6.54 Å². The molecule has 5 heteroatoms. The Labute approximate surface area is 119 Å². The second kappa shape index (κ2) is 6.48. The number of rotatable bonds is 5. The average Bonchev–Trinajstić information content (AvgIpc) is 2.76. The topological polar surface area (TPSA) is 68.0 Å². The monoisotopic (exact) mass is 283 g/mol. The molecule has 1 aromatic heterocycles. The van der Waals surface area contributed by atoms with E-state index in [0.29, 0.717) is 6.54 Å². The van der Waals surface area contributed by atoms with Crippen molar-refractivity contribution in [1.82, 2.24) is 10.3 Å². The molecule has 1 aromatic rings. The first-order valence-corrected chi connectivity index (χ1v) is 7.58. The molecule has 0 bridgehead atoms. The van der Waals surface area contributed by atoms with E-state index in [9.17, 15) is 4.79 Å². The average molecular weight is 283 g/mol. The number of aromatic nitrogens is 1. The van der Waals surface area contributed by atoms with E-state index < -0.39 is 6.04 Å². The molecule has 1 atom stereocenters. The summed E-state index contributed by atoms with van der Waals surface area (Å²) in [6.07, 6.45) is 0.753. The van der Waals surface area contributed by atoms with Crippen LogP contribution < -0.4 is 11.1 Å². The molecule has 0 saturated carbocycles. The van der Waals surface area contributed by atoms with Crippen LogP contribution in [-0.4, -0.2) is 23.5 Å². The van der Waals surface area contributed by atoms with Gasteiger partial charge in [0.2, 0.25) is 5.91 Å². The lowest BCUT2D eigenvalue weighted by molar-refractivity contribution is -0.123. The number of nitrogens with one attached hydrogen (secondary N) is 1. The highest BCUT2D eigenvalue weighted by atomic mass is 32.1. The van der Waals surface area contributed by atoms with Gasteiger partial charge >= 0.3 is 0 Å². The Kier molecular flexibility index (Phi) is 5.50. The molecule has 19 heavy (non-hydrogen) atoms. The zero-order valence-electron chi connectivity index (χ0n) is 12.5. The number of hydrogen-bond donors (Lipinski definition) is 2. The molecule has 0 aromatic carbocycles. The van der Waals surface area contributed by atoms with Crippen LogP contribution in [0.4, 0.5) is 0 Å². The molecule has 4 nitrogen and oxygen atoms in total. The molecule has 0 fully saturated rings. The minimum atomic E-state index is -0.430. The maximum absolute atomic E-state index is 11.7. The number of thiazole rings is 1. The van der Waals surface area contributed by atoms with Crippen LogP contribution in [0.5, 0.6) is 0 Å². The molecule has 0 aliphatic carbocycles. The lowest BCUT2D eigenvalue weighted by Gasteiger charge is -2.15. The van der Waals surface area contributed by atoms with Gasteiger partial charge < -0.3 is 11.1 Å². The van der Waals surface area contributed by atoms with Crippen molar-refractivity contribution in [2.24, 2.45) is 11.7 Å². The van der Waals surface area contributed by atoms with Crippen molar-refractivity contribution < 1.29 is 4.79 Å². The normalized spacial score (nSPS) is 13.6. The fourth-order valence-corrected chi connectivity index (χ4v) is 2.44. The third kappa shape index (κ3) is 4.91. The molecular weight excluding hydrogens is 258 g/mol. The molecule has 0 aliphatic heterocycles. The highest BCUT2D eigenvalue weighted by molar-refractivity contribution is 7.09. The largest absolute Gasteiger partial charge is 0.354 e. The van der Waals surface area contributed by atoms with Crippen molar-refractivity contribution in [3.63, 3.8) is 0 Å². The van der Waals surface area contributed by atoms with E-state index >= 15 is 0 Å². The van der Waals surface area contributed by atoms with Crippen LogP contribution in [0, 0.1) is 5.92 Å². The molecule has 0 aliphatic rings. The van der Waals surface area contributed by atoms with E-state index in [1.54, 1.807) is 11.3 Å². The van der Waals surface area contributed by atoms with Gasteiger partial charge in [0.1, 0.15) is 0 Å². The van der Waals surface area contributed by atoms with E-state index in [-0.39, 0.29) is 17.2 Å². The van der Waals surface area contributed by atoms with Crippen molar-refractivity contribution >= 4 is 17.2 Å². The summed E-state index contributed by atoms with van der Waals surface area (Å²) in [5, 5.41) is 6.06. The van der Waals surface area contributed by atoms with Crippen LogP contribution in [0.3, 0.4) is 0 Å². The summed E-state index contributed by atoms with van der Waals surface area (Å²) in [6.45, 7) is 10.9. The van der Waals surface area contributed by atoms with Crippen LogP contribution in [0.15, 0.2) is 5.38 Å². The molecule has 1 amide bonds. The first-order valence-electron chi connectivity index (χ1n) is 6.70. The molecule has 1 rings (SSSR count). The Bertz CT molecular complexity index is 421. The Hall–Kier alpha value is -0.940. The molecule has 0 spiro atoms. The predicted molar refractivity (Wildman–Crippen MR) is 80.3 cm³/mol. The summed E-state index contributed by atoms with van der Waals surface area (Å²) >= 11 is 1.68. The summed E-state index contributed by atoms with van der Waals surface area (Å²) in [7, 11) is 0. The Morgan fingerprint density at radius 1 is 1.47 bits per heavy atom. The van der Waals surface area contributed by atoms with Gasteiger partial charge in [-0.15, -0.1) is 11.3 Å². The molecule has 0 saturated heterocycles. The van der Waals surface area contributed by atoms with E-state index in [1.165, 1.54) is 0 Å². The first kappa shape index (κ1) is 16.1. The summed E-state index contributed by atoms with van der Waals surface area (Å²) in [5.41, 5.74) is 6.90. The maximum Gasteiger partial charge on any atom is 0.237 e. The smallest absolute Gasteiger partial charge is 0.237 e. The number of carbonyl (C=O) groups is 1. The van der Waals surface area contributed by atoms with Crippen molar-refractivity contribution in [3.05, 3.63) is 16.1 Å². The third-order valence-corrected chi connectivity index (χ3v) is 4.21. The predicted octanol–water partition coefficient (Wildman–Crippen LogP) is 2.08. The van der Waals surface area contributed by atoms with Crippen LogP contribution in [0.2, 0.25) is 0 Å². The van der Waals surface area contributed by atoms with Gasteiger partial charge in [0.25, 0.3) is 0 Å². The third-order valence-electron chi connectivity index (χ3n) is 2.89. The van der Waals surface area contributed by atoms with Gasteiger partial charge in [-0.2, -0.15) is 0 Å². The second-order valence-electron chi connectivity index (χ2n) is 6.20. The van der Waals surface area contributed by atoms with Gasteiger partial charge in [-0.3, -0.25) is 4.79 Å². The zero-order chi connectivity index (χ0) is 14.6. The maximum atomic E-state index is 11.7. The molecule has 0 radical (unpaired) electrons. The summed E-state index contributed by atoms with van der Waals surface area (Å²) in [5.74, 6) is 0.0769. The van der Waals surface area contributed by atoms with Crippen LogP contribution >= 0.6 is 11.3 Å². The summed E-state index contributed by atoms with van der Waals surface area (Å²) < 4.78 is 0. The SMILES string of the molecule is CC(C)[C@H](N)C(=O)NCCc1csc(C(C)(C)C)n1. The molecule has 1 heterocycles. The second-order valence-corrected chi connectivity index (χ2v) is 7.06. The standard InChI is InChI=1S/C14H25N3OS/c1-9(2)11(15)12(18)16-7-6-10-8-19-13(17-10)14(3,4)5/h8-9,11H,6-7,15H2,1-5H3,(H,16,18)/t11-/m0/s1. The molecule has 3 N–H and O–H groups in total. The zero-order valence-corrected chi connectivity index (χ0v) is 13.3. The van der Waals surface area contributed by atoms with Crippen LogP contribution in [-0.2, 0) is 16.6 Å². The minimum absolute atomic E-state index is 0.0822. The number of nitrogens with zero attached hydrogens (tertiary/aromatic N) is 1. The van der Waals surface area contributed by atoms with Crippen molar-refractivity contribution in [3.8, 4) is 0 Å². The lowest BCUT2D eigenvalue weighted by Crippen LogP contribution is -2.44. The highest BCUT2D eigenvalue weighted by Gasteiger charge is 2.19. The van der Waals surface area contributed by atoms with Gasteiger partial charge in [0.15, 0.2) is 0 Å². The van der Waals surface area contributed by atoms with Crippen molar-refractivity contribution in [2.45, 2.75) is 52.5 Å².